The summed E-state index contributed by atoms with van der Waals surface area (Å²) in [5.41, 5.74) is 4.01. The number of ether oxygens (including phenoxy) is 3. The molecule has 0 bridgehead atoms. The Morgan fingerprint density at radius 2 is 2.02 bits per heavy atom. The van der Waals surface area contributed by atoms with Crippen LogP contribution >= 0.6 is 11.6 Å². The van der Waals surface area contributed by atoms with Gasteiger partial charge in [-0.05, 0) is 111 Å². The van der Waals surface area contributed by atoms with Crippen LogP contribution in [0.4, 0.5) is 5.69 Å². The SMILES string of the molecule is COC(=O)c1ccc2c(c1)N(C[C@@H]1CC[C@H]1[C@H](OC)[C@H]1CCC[C@@H](O)C1)CC1(CCCc3cc(Cl)ccc31)CO2. The quantitative estimate of drug-likeness (QED) is 0.420. The van der Waals surface area contributed by atoms with Gasteiger partial charge in [-0.15, -0.1) is 0 Å². The zero-order valence-electron chi connectivity index (χ0n) is 23.7. The monoisotopic (exact) mass is 567 g/mol. The van der Waals surface area contributed by atoms with Gasteiger partial charge in [0.25, 0.3) is 0 Å². The van der Waals surface area contributed by atoms with Gasteiger partial charge in [0.2, 0.25) is 0 Å². The number of esters is 1. The minimum absolute atomic E-state index is 0.157. The molecule has 1 heterocycles. The van der Waals surface area contributed by atoms with E-state index in [0.29, 0.717) is 29.9 Å². The van der Waals surface area contributed by atoms with Crippen LogP contribution in [0.25, 0.3) is 0 Å². The maximum atomic E-state index is 12.5. The van der Waals surface area contributed by atoms with E-state index in [1.54, 1.807) is 6.07 Å². The van der Waals surface area contributed by atoms with E-state index in [1.807, 2.05) is 25.3 Å². The smallest absolute Gasteiger partial charge is 0.337 e. The standard InChI is InChI=1S/C33H42ClNO5/c1-38-31(22-5-3-7-26(36)16-22)27-11-8-24(27)18-35-19-33(14-4-6-21-15-25(34)10-12-28(21)33)20-40-30-13-9-23(17-29(30)35)32(37)39-2/h9-10,12-13,15,17,22,24,26-27,31,36H,3-8,11,14,16,18-20H2,1-2H3/t22-,24-,26+,27+,31+,33?/m0/s1. The number of hydrogen-bond acceptors (Lipinski definition) is 6. The van der Waals surface area contributed by atoms with Crippen LogP contribution in [0.2, 0.25) is 5.02 Å². The van der Waals surface area contributed by atoms with Crippen LogP contribution in [-0.4, -0.2) is 57.2 Å². The first-order valence-corrected chi connectivity index (χ1v) is 15.4. The minimum atomic E-state index is -0.337. The van der Waals surface area contributed by atoms with Gasteiger partial charge in [-0.2, -0.15) is 0 Å². The van der Waals surface area contributed by atoms with Crippen molar-refractivity contribution >= 4 is 23.3 Å². The second-order valence-electron chi connectivity index (χ2n) is 12.6. The molecule has 1 aliphatic heterocycles. The normalized spacial score (nSPS) is 30.4. The van der Waals surface area contributed by atoms with Crippen molar-refractivity contribution in [1.82, 2.24) is 0 Å². The highest BCUT2D eigenvalue weighted by molar-refractivity contribution is 6.30. The summed E-state index contributed by atoms with van der Waals surface area (Å²) in [6.45, 7) is 2.30. The molecular weight excluding hydrogens is 526 g/mol. The van der Waals surface area contributed by atoms with Gasteiger partial charge in [-0.1, -0.05) is 24.1 Å². The van der Waals surface area contributed by atoms with Crippen LogP contribution in [0, 0.1) is 17.8 Å². The van der Waals surface area contributed by atoms with Crippen LogP contribution in [0.15, 0.2) is 36.4 Å². The average Bonchev–Trinajstić information content (AvgIpc) is 3.10. The molecule has 3 aliphatic carbocycles. The van der Waals surface area contributed by atoms with Gasteiger partial charge in [-0.3, -0.25) is 0 Å². The van der Waals surface area contributed by atoms with Crippen molar-refractivity contribution in [2.75, 3.05) is 38.8 Å². The van der Waals surface area contributed by atoms with E-state index in [-0.39, 0.29) is 23.6 Å². The van der Waals surface area contributed by atoms with Gasteiger partial charge in [0, 0.05) is 30.6 Å². The number of methoxy groups -OCH3 is 2. The van der Waals surface area contributed by atoms with Crippen molar-refractivity contribution in [1.29, 1.82) is 0 Å². The first-order valence-electron chi connectivity index (χ1n) is 15.0. The van der Waals surface area contributed by atoms with Crippen molar-refractivity contribution in [3.05, 3.63) is 58.1 Å². The zero-order chi connectivity index (χ0) is 27.9. The van der Waals surface area contributed by atoms with E-state index in [2.05, 4.69) is 17.0 Å². The molecule has 2 aromatic rings. The molecule has 4 aliphatic rings. The summed E-state index contributed by atoms with van der Waals surface area (Å²) in [4.78, 5) is 15.0. The number of hydrogen-bond donors (Lipinski definition) is 1. The number of aryl methyl sites for hydroxylation is 1. The second kappa shape index (κ2) is 11.5. The van der Waals surface area contributed by atoms with Gasteiger partial charge >= 0.3 is 5.97 Å². The summed E-state index contributed by atoms with van der Waals surface area (Å²) in [5, 5.41) is 11.2. The lowest BCUT2D eigenvalue weighted by Gasteiger charge is -2.48. The summed E-state index contributed by atoms with van der Waals surface area (Å²) in [6, 6.07) is 12.0. The molecular formula is C33H42ClNO5. The molecule has 0 aromatic heterocycles. The number of carbonyl (C=O) groups is 1. The Morgan fingerprint density at radius 3 is 2.77 bits per heavy atom. The average molecular weight is 568 g/mol. The number of benzene rings is 2. The Kier molecular flexibility index (Phi) is 8.04. The number of aliphatic hydroxyl groups is 1. The summed E-state index contributed by atoms with van der Waals surface area (Å²) >= 11 is 6.41. The van der Waals surface area contributed by atoms with E-state index in [9.17, 15) is 9.90 Å². The Labute approximate surface area is 242 Å². The molecule has 1 unspecified atom stereocenters. The van der Waals surface area contributed by atoms with E-state index < -0.39 is 0 Å². The van der Waals surface area contributed by atoms with Gasteiger partial charge in [0.05, 0.1) is 37.2 Å². The molecule has 2 saturated carbocycles. The summed E-state index contributed by atoms with van der Waals surface area (Å²) in [5.74, 6) is 1.83. The van der Waals surface area contributed by atoms with Crippen molar-refractivity contribution in [3.63, 3.8) is 0 Å². The van der Waals surface area contributed by atoms with Gasteiger partial charge in [0.1, 0.15) is 5.75 Å². The maximum Gasteiger partial charge on any atom is 0.337 e. The lowest BCUT2D eigenvalue weighted by atomic mass is 9.65. The van der Waals surface area contributed by atoms with Gasteiger partial charge in [-0.25, -0.2) is 4.79 Å². The molecule has 6 rings (SSSR count). The molecule has 2 fully saturated rings. The molecule has 0 radical (unpaired) electrons. The predicted octanol–water partition coefficient (Wildman–Crippen LogP) is 6.19. The fourth-order valence-corrected chi connectivity index (χ4v) is 8.31. The lowest BCUT2D eigenvalue weighted by Crippen LogP contribution is -2.51. The highest BCUT2D eigenvalue weighted by Gasteiger charge is 2.46. The topological polar surface area (TPSA) is 68.2 Å². The number of anilines is 1. The Balaban J connectivity index is 1.33. The molecule has 1 spiro atoms. The predicted molar refractivity (Wildman–Crippen MR) is 157 cm³/mol. The number of nitrogens with zero attached hydrogens (tertiary/aromatic N) is 1. The van der Waals surface area contributed by atoms with E-state index in [4.69, 9.17) is 25.8 Å². The second-order valence-corrected chi connectivity index (χ2v) is 13.0. The van der Waals surface area contributed by atoms with Crippen molar-refractivity contribution in [3.8, 4) is 5.75 Å². The molecule has 6 nitrogen and oxygen atoms in total. The molecule has 2 aromatic carbocycles. The molecule has 7 heteroatoms. The number of carbonyl (C=O) groups excluding carboxylic acids is 1. The van der Waals surface area contributed by atoms with Crippen LogP contribution in [0.5, 0.6) is 5.75 Å². The summed E-state index contributed by atoms with van der Waals surface area (Å²) < 4.78 is 17.8. The Bertz CT molecular complexity index is 1240. The van der Waals surface area contributed by atoms with Crippen molar-refractivity contribution < 1.29 is 24.1 Å². The van der Waals surface area contributed by atoms with Crippen molar-refractivity contribution in [2.45, 2.75) is 75.4 Å². The molecule has 216 valence electrons. The largest absolute Gasteiger partial charge is 0.490 e. The Hall–Kier alpha value is -2.28. The third-order valence-corrected chi connectivity index (χ3v) is 10.5. The fraction of sp³-hybridized carbons (Fsp3) is 0.606. The third-order valence-electron chi connectivity index (χ3n) is 10.2. The van der Waals surface area contributed by atoms with Crippen LogP contribution < -0.4 is 9.64 Å². The van der Waals surface area contributed by atoms with Crippen LogP contribution in [0.1, 0.15) is 72.9 Å². The van der Waals surface area contributed by atoms with Gasteiger partial charge in [0.15, 0.2) is 0 Å². The molecule has 0 amide bonds. The number of rotatable bonds is 6. The third kappa shape index (κ3) is 5.23. The van der Waals surface area contributed by atoms with E-state index in [1.165, 1.54) is 18.2 Å². The van der Waals surface area contributed by atoms with Gasteiger partial charge < -0.3 is 24.2 Å². The highest BCUT2D eigenvalue weighted by atomic mass is 35.5. The highest BCUT2D eigenvalue weighted by Crippen LogP contribution is 2.48. The lowest BCUT2D eigenvalue weighted by molar-refractivity contribution is -0.0721. The first-order chi connectivity index (χ1) is 19.4. The van der Waals surface area contributed by atoms with E-state index >= 15 is 0 Å². The zero-order valence-corrected chi connectivity index (χ0v) is 24.5. The number of fused-ring (bicyclic) bond motifs is 3. The maximum absolute atomic E-state index is 12.5. The number of halogens is 1. The fourth-order valence-electron chi connectivity index (χ4n) is 8.11. The molecule has 1 N–H and O–H groups in total. The van der Waals surface area contributed by atoms with Crippen LogP contribution in [0.3, 0.4) is 0 Å². The Morgan fingerprint density at radius 1 is 1.15 bits per heavy atom. The minimum Gasteiger partial charge on any atom is -0.490 e. The molecule has 40 heavy (non-hydrogen) atoms. The van der Waals surface area contributed by atoms with E-state index in [0.717, 1.165) is 87.3 Å². The summed E-state index contributed by atoms with van der Waals surface area (Å²) in [7, 11) is 3.27. The first kappa shape index (κ1) is 27.9. The summed E-state index contributed by atoms with van der Waals surface area (Å²) in [6.07, 6.45) is 9.39. The van der Waals surface area contributed by atoms with Crippen LogP contribution in [-0.2, 0) is 21.3 Å². The number of aliphatic hydroxyl groups excluding tert-OH is 1. The molecule has 0 saturated heterocycles. The van der Waals surface area contributed by atoms with Crippen molar-refractivity contribution in [2.24, 2.45) is 17.8 Å². The molecule has 6 atom stereocenters.